The molecule has 0 spiro atoms. The van der Waals surface area contributed by atoms with Gasteiger partial charge in [-0.3, -0.25) is 4.90 Å². The van der Waals surface area contributed by atoms with Gasteiger partial charge in [-0.2, -0.15) is 0 Å². The minimum absolute atomic E-state index is 0.186. The van der Waals surface area contributed by atoms with Crippen molar-refractivity contribution in [2.24, 2.45) is 0 Å². The maximum atomic E-state index is 13.1. The highest BCUT2D eigenvalue weighted by Crippen LogP contribution is 2.29. The van der Waals surface area contributed by atoms with E-state index in [0.717, 1.165) is 5.56 Å². The average Bonchev–Trinajstić information content (AvgIpc) is 2.69. The van der Waals surface area contributed by atoms with Gasteiger partial charge in [-0.05, 0) is 18.2 Å². The van der Waals surface area contributed by atoms with Crippen LogP contribution < -0.4 is 4.74 Å². The summed E-state index contributed by atoms with van der Waals surface area (Å²) >= 11 is 3.25. The van der Waals surface area contributed by atoms with Gasteiger partial charge >= 0.3 is 0 Å². The summed E-state index contributed by atoms with van der Waals surface area (Å²) in [7, 11) is 0. The van der Waals surface area contributed by atoms with E-state index in [-0.39, 0.29) is 18.5 Å². The molecule has 0 fully saturated rings. The van der Waals surface area contributed by atoms with E-state index in [1.165, 1.54) is 12.1 Å². The summed E-state index contributed by atoms with van der Waals surface area (Å²) in [5.74, 6) is 0.357. The van der Waals surface area contributed by atoms with Gasteiger partial charge in [0, 0.05) is 30.4 Å². The lowest BCUT2D eigenvalue weighted by molar-refractivity contribution is 0.0704. The summed E-state index contributed by atoms with van der Waals surface area (Å²) in [6.07, 6.45) is -1.98. The molecule has 0 radical (unpaired) electrons. The molecule has 1 heterocycles. The fraction of sp³-hybridized carbons (Fsp3) is 0.538. The zero-order valence-electron chi connectivity index (χ0n) is 10.3. The predicted molar refractivity (Wildman–Crippen MR) is 70.8 cm³/mol. The van der Waals surface area contributed by atoms with Gasteiger partial charge in [0.15, 0.2) is 0 Å². The van der Waals surface area contributed by atoms with Crippen molar-refractivity contribution in [3.05, 3.63) is 29.6 Å². The highest BCUT2D eigenvalue weighted by Gasteiger charge is 2.26. The van der Waals surface area contributed by atoms with Crippen LogP contribution in [0.3, 0.4) is 0 Å². The van der Waals surface area contributed by atoms with Gasteiger partial charge in [0.1, 0.15) is 17.7 Å². The molecule has 6 heteroatoms. The first-order chi connectivity index (χ1) is 9.08. The van der Waals surface area contributed by atoms with E-state index in [4.69, 9.17) is 4.74 Å². The van der Waals surface area contributed by atoms with Crippen molar-refractivity contribution in [3.63, 3.8) is 0 Å². The second kappa shape index (κ2) is 6.61. The quantitative estimate of drug-likeness (QED) is 0.739. The fourth-order valence-electron chi connectivity index (χ4n) is 2.25. The minimum atomic E-state index is -2.36. The maximum absolute atomic E-state index is 13.1. The first-order valence-corrected chi connectivity index (χ1v) is 7.22. The maximum Gasteiger partial charge on any atom is 0.251 e. The number of benzene rings is 1. The number of halogens is 4. The van der Waals surface area contributed by atoms with Crippen LogP contribution in [0.5, 0.6) is 5.75 Å². The molecule has 0 N–H and O–H groups in total. The zero-order chi connectivity index (χ0) is 13.8. The number of hydrogen-bond acceptors (Lipinski definition) is 2. The standard InChI is InChI=1S/C13H15BrF3NO/c14-3-4-18(8-13(16)17)7-11-6-9-5-10(15)1-2-12(9)19-11/h1-2,5,11,13H,3-4,6-8H2. The molecular formula is C13H15BrF3NO. The van der Waals surface area contributed by atoms with Gasteiger partial charge in [-0.25, -0.2) is 13.2 Å². The third-order valence-electron chi connectivity index (χ3n) is 3.02. The number of ether oxygens (including phenoxy) is 1. The predicted octanol–water partition coefficient (Wildman–Crippen LogP) is 3.09. The number of nitrogens with zero attached hydrogens (tertiary/aromatic N) is 1. The molecule has 1 atom stereocenters. The molecular weight excluding hydrogens is 323 g/mol. The Morgan fingerprint density at radius 3 is 2.89 bits per heavy atom. The smallest absolute Gasteiger partial charge is 0.251 e. The summed E-state index contributed by atoms with van der Waals surface area (Å²) in [6.45, 7) is 0.692. The Morgan fingerprint density at radius 2 is 2.21 bits per heavy atom. The van der Waals surface area contributed by atoms with E-state index in [1.807, 2.05) is 0 Å². The van der Waals surface area contributed by atoms with Gasteiger partial charge in [0.2, 0.25) is 0 Å². The lowest BCUT2D eigenvalue weighted by Crippen LogP contribution is -2.38. The van der Waals surface area contributed by atoms with E-state index in [2.05, 4.69) is 15.9 Å². The van der Waals surface area contributed by atoms with Crippen molar-refractivity contribution in [2.45, 2.75) is 19.0 Å². The molecule has 0 aliphatic carbocycles. The van der Waals surface area contributed by atoms with Crippen molar-refractivity contribution in [1.29, 1.82) is 0 Å². The Hall–Kier alpha value is -0.750. The van der Waals surface area contributed by atoms with Gasteiger partial charge in [-0.15, -0.1) is 0 Å². The lowest BCUT2D eigenvalue weighted by Gasteiger charge is -2.24. The summed E-state index contributed by atoms with van der Waals surface area (Å²) in [5, 5.41) is 0.633. The van der Waals surface area contributed by atoms with Crippen LogP contribution >= 0.6 is 15.9 Å². The van der Waals surface area contributed by atoms with Gasteiger partial charge < -0.3 is 4.74 Å². The molecule has 0 aromatic heterocycles. The largest absolute Gasteiger partial charge is 0.488 e. The molecule has 1 unspecified atom stereocenters. The van der Waals surface area contributed by atoms with Crippen molar-refractivity contribution in [3.8, 4) is 5.75 Å². The molecule has 0 saturated heterocycles. The first kappa shape index (κ1) is 14.7. The number of fused-ring (bicyclic) bond motifs is 1. The minimum Gasteiger partial charge on any atom is -0.488 e. The van der Waals surface area contributed by atoms with E-state index < -0.39 is 6.43 Å². The van der Waals surface area contributed by atoms with E-state index >= 15 is 0 Å². The van der Waals surface area contributed by atoms with Crippen LogP contribution in [0.15, 0.2) is 18.2 Å². The van der Waals surface area contributed by atoms with Crippen LogP contribution in [-0.2, 0) is 6.42 Å². The van der Waals surface area contributed by atoms with Gasteiger partial charge in [0.05, 0.1) is 6.54 Å². The SMILES string of the molecule is Fc1ccc2c(c1)CC(CN(CCBr)CC(F)F)O2. The molecule has 0 saturated carbocycles. The van der Waals surface area contributed by atoms with Crippen LogP contribution in [0.1, 0.15) is 5.56 Å². The molecule has 0 bridgehead atoms. The van der Waals surface area contributed by atoms with Crippen LogP contribution in [0.2, 0.25) is 0 Å². The van der Waals surface area contributed by atoms with Crippen molar-refractivity contribution >= 4 is 15.9 Å². The summed E-state index contributed by atoms with van der Waals surface area (Å²) in [4.78, 5) is 1.66. The third-order valence-corrected chi connectivity index (χ3v) is 3.38. The topological polar surface area (TPSA) is 12.5 Å². The van der Waals surface area contributed by atoms with Crippen molar-refractivity contribution in [1.82, 2.24) is 4.90 Å². The molecule has 0 amide bonds. The normalized spacial score (nSPS) is 17.9. The average molecular weight is 338 g/mol. The van der Waals surface area contributed by atoms with Crippen LogP contribution in [0.25, 0.3) is 0 Å². The van der Waals surface area contributed by atoms with Crippen molar-refractivity contribution in [2.75, 3.05) is 25.0 Å². The highest BCUT2D eigenvalue weighted by molar-refractivity contribution is 9.09. The number of hydrogen-bond donors (Lipinski definition) is 0. The first-order valence-electron chi connectivity index (χ1n) is 6.10. The molecule has 2 rings (SSSR count). The molecule has 1 aromatic carbocycles. The van der Waals surface area contributed by atoms with Gasteiger partial charge in [-0.1, -0.05) is 15.9 Å². The van der Waals surface area contributed by atoms with Gasteiger partial charge in [0.25, 0.3) is 6.43 Å². The molecule has 1 aliphatic rings. The Kier molecular flexibility index (Phi) is 5.10. The van der Waals surface area contributed by atoms with E-state index in [1.54, 1.807) is 11.0 Å². The zero-order valence-corrected chi connectivity index (χ0v) is 11.9. The third kappa shape index (κ3) is 4.11. The monoisotopic (exact) mass is 337 g/mol. The van der Waals surface area contributed by atoms with E-state index in [0.29, 0.717) is 30.6 Å². The summed E-state index contributed by atoms with van der Waals surface area (Å²) in [5.41, 5.74) is 0.806. The number of alkyl halides is 3. The molecule has 2 nitrogen and oxygen atoms in total. The second-order valence-corrected chi connectivity index (χ2v) is 5.33. The molecule has 106 valence electrons. The van der Waals surface area contributed by atoms with Crippen LogP contribution in [0, 0.1) is 5.82 Å². The molecule has 1 aliphatic heterocycles. The Balaban J connectivity index is 1.94. The fourth-order valence-corrected chi connectivity index (χ4v) is 2.75. The lowest BCUT2D eigenvalue weighted by atomic mass is 10.1. The molecule has 19 heavy (non-hydrogen) atoms. The summed E-state index contributed by atoms with van der Waals surface area (Å²) in [6, 6.07) is 4.38. The van der Waals surface area contributed by atoms with Crippen molar-refractivity contribution < 1.29 is 17.9 Å². The number of rotatable bonds is 6. The summed E-state index contributed by atoms with van der Waals surface area (Å²) < 4.78 is 43.6. The Morgan fingerprint density at radius 1 is 1.42 bits per heavy atom. The van der Waals surface area contributed by atoms with E-state index in [9.17, 15) is 13.2 Å². The highest BCUT2D eigenvalue weighted by atomic mass is 79.9. The second-order valence-electron chi connectivity index (χ2n) is 4.54. The Bertz CT molecular complexity index is 430. The van der Waals surface area contributed by atoms with Crippen LogP contribution in [-0.4, -0.2) is 42.4 Å². The Labute approximate surface area is 118 Å². The molecule has 1 aromatic rings. The van der Waals surface area contributed by atoms with Crippen LogP contribution in [0.4, 0.5) is 13.2 Å².